The van der Waals surface area contributed by atoms with E-state index in [1.165, 1.54) is 0 Å². The van der Waals surface area contributed by atoms with E-state index in [-0.39, 0.29) is 30.1 Å². The third-order valence-corrected chi connectivity index (χ3v) is 5.54. The number of rotatable bonds is 7. The summed E-state index contributed by atoms with van der Waals surface area (Å²) in [6, 6.07) is 7.32. The van der Waals surface area contributed by atoms with Crippen molar-refractivity contribution in [1.29, 1.82) is 0 Å². The zero-order valence-corrected chi connectivity index (χ0v) is 16.0. The van der Waals surface area contributed by atoms with E-state index in [0.717, 1.165) is 38.5 Å². The normalized spacial score (nSPS) is 20.1. The number of carbonyl (C=O) groups excluding carboxylic acids is 3. The van der Waals surface area contributed by atoms with Crippen LogP contribution in [0.1, 0.15) is 62.2 Å². The van der Waals surface area contributed by atoms with Gasteiger partial charge in [-0.3, -0.25) is 14.4 Å². The van der Waals surface area contributed by atoms with Gasteiger partial charge in [-0.2, -0.15) is 0 Å². The molecule has 2 aliphatic rings. The first-order chi connectivity index (χ1) is 13.1. The summed E-state index contributed by atoms with van der Waals surface area (Å²) in [6.45, 7) is 3.17. The van der Waals surface area contributed by atoms with Crippen LogP contribution in [0.2, 0.25) is 0 Å². The zero-order valence-electron chi connectivity index (χ0n) is 16.0. The maximum Gasteiger partial charge on any atom is 0.253 e. The van der Waals surface area contributed by atoms with E-state index < -0.39 is 0 Å². The molecule has 1 saturated heterocycles. The highest BCUT2D eigenvalue weighted by molar-refractivity contribution is 6.05. The van der Waals surface area contributed by atoms with E-state index in [2.05, 4.69) is 17.6 Å². The molecule has 6 nitrogen and oxygen atoms in total. The number of nitrogens with zero attached hydrogens (tertiary/aromatic N) is 1. The predicted molar refractivity (Wildman–Crippen MR) is 104 cm³/mol. The Morgan fingerprint density at radius 1 is 1.19 bits per heavy atom. The fourth-order valence-corrected chi connectivity index (χ4v) is 3.97. The summed E-state index contributed by atoms with van der Waals surface area (Å²) in [4.78, 5) is 39.4. The van der Waals surface area contributed by atoms with Crippen LogP contribution in [0.15, 0.2) is 24.3 Å². The summed E-state index contributed by atoms with van der Waals surface area (Å²) in [5, 5.41) is 5.76. The van der Waals surface area contributed by atoms with Crippen LogP contribution in [0.3, 0.4) is 0 Å². The van der Waals surface area contributed by atoms with Crippen LogP contribution in [0.5, 0.6) is 0 Å². The second-order valence-electron chi connectivity index (χ2n) is 7.53. The molecule has 0 spiro atoms. The van der Waals surface area contributed by atoms with Crippen molar-refractivity contribution in [2.75, 3.05) is 18.4 Å². The molecule has 27 heavy (non-hydrogen) atoms. The minimum atomic E-state index is -0.352. The molecule has 6 heteroatoms. The molecule has 1 atom stereocenters. The number of para-hydroxylation sites is 1. The molecule has 1 aromatic rings. The lowest BCUT2D eigenvalue weighted by Gasteiger charge is -2.24. The van der Waals surface area contributed by atoms with Gasteiger partial charge in [0.25, 0.3) is 5.91 Å². The first-order valence-electron chi connectivity index (χ1n) is 10.1. The Balaban J connectivity index is 1.62. The van der Waals surface area contributed by atoms with Gasteiger partial charge in [-0.1, -0.05) is 38.3 Å². The molecule has 0 bridgehead atoms. The van der Waals surface area contributed by atoms with Gasteiger partial charge in [0.15, 0.2) is 0 Å². The first-order valence-corrected chi connectivity index (χ1v) is 10.1. The lowest BCUT2D eigenvalue weighted by molar-refractivity contribution is -0.129. The van der Waals surface area contributed by atoms with Crippen LogP contribution < -0.4 is 10.6 Å². The minimum Gasteiger partial charge on any atom is -0.352 e. The molecule has 3 rings (SSSR count). The minimum absolute atomic E-state index is 0.0765. The van der Waals surface area contributed by atoms with Crippen molar-refractivity contribution in [3.8, 4) is 0 Å². The Hall–Kier alpha value is -2.37. The van der Waals surface area contributed by atoms with Crippen molar-refractivity contribution >= 4 is 23.4 Å². The fraction of sp³-hybridized carbons (Fsp3) is 0.571. The smallest absolute Gasteiger partial charge is 0.253 e. The Labute approximate surface area is 160 Å². The van der Waals surface area contributed by atoms with Gasteiger partial charge in [0.2, 0.25) is 11.8 Å². The number of anilines is 1. The molecule has 1 aliphatic heterocycles. The van der Waals surface area contributed by atoms with Gasteiger partial charge in [0.1, 0.15) is 0 Å². The molecule has 1 aliphatic carbocycles. The second-order valence-corrected chi connectivity index (χ2v) is 7.53. The molecular weight excluding hydrogens is 342 g/mol. The molecule has 0 radical (unpaired) electrons. The largest absolute Gasteiger partial charge is 0.352 e. The molecular formula is C21H29N3O3. The molecule has 2 fully saturated rings. The summed E-state index contributed by atoms with van der Waals surface area (Å²) in [5.74, 6) is -0.644. The highest BCUT2D eigenvalue weighted by atomic mass is 16.2. The highest BCUT2D eigenvalue weighted by Crippen LogP contribution is 2.30. The van der Waals surface area contributed by atoms with Gasteiger partial charge in [-0.05, 0) is 31.4 Å². The number of carbonyl (C=O) groups is 3. The first kappa shape index (κ1) is 19.4. The van der Waals surface area contributed by atoms with E-state index in [1.54, 1.807) is 24.3 Å². The van der Waals surface area contributed by atoms with Gasteiger partial charge < -0.3 is 15.5 Å². The molecule has 3 amide bonds. The molecule has 1 aromatic carbocycles. The second kappa shape index (κ2) is 9.02. The van der Waals surface area contributed by atoms with E-state index in [4.69, 9.17) is 0 Å². The zero-order chi connectivity index (χ0) is 19.2. The molecule has 1 saturated carbocycles. The van der Waals surface area contributed by atoms with E-state index in [9.17, 15) is 14.4 Å². The summed E-state index contributed by atoms with van der Waals surface area (Å²) < 4.78 is 0. The van der Waals surface area contributed by atoms with Crippen molar-refractivity contribution in [3.63, 3.8) is 0 Å². The van der Waals surface area contributed by atoms with Gasteiger partial charge in [0.05, 0.1) is 17.2 Å². The summed E-state index contributed by atoms with van der Waals surface area (Å²) in [5.41, 5.74) is 0.960. The van der Waals surface area contributed by atoms with Crippen LogP contribution in [-0.4, -0.2) is 41.8 Å². The fourth-order valence-electron chi connectivity index (χ4n) is 3.97. The van der Waals surface area contributed by atoms with Crippen LogP contribution in [0, 0.1) is 5.92 Å². The van der Waals surface area contributed by atoms with Gasteiger partial charge >= 0.3 is 0 Å². The quantitative estimate of drug-likeness (QED) is 0.724. The van der Waals surface area contributed by atoms with Gasteiger partial charge in [-0.25, -0.2) is 0 Å². The molecule has 1 heterocycles. The Kier molecular flexibility index (Phi) is 6.48. The molecule has 146 valence electrons. The maximum atomic E-state index is 12.7. The average molecular weight is 371 g/mol. The number of hydrogen-bond acceptors (Lipinski definition) is 3. The third kappa shape index (κ3) is 4.67. The number of unbranched alkanes of at least 4 members (excludes halogenated alkanes) is 1. The summed E-state index contributed by atoms with van der Waals surface area (Å²) in [7, 11) is 0. The summed E-state index contributed by atoms with van der Waals surface area (Å²) in [6.07, 6.45) is 6.58. The van der Waals surface area contributed by atoms with E-state index in [1.807, 2.05) is 4.90 Å². The van der Waals surface area contributed by atoms with Crippen LogP contribution in [0.4, 0.5) is 5.69 Å². The number of benzene rings is 1. The van der Waals surface area contributed by atoms with Crippen molar-refractivity contribution in [1.82, 2.24) is 10.2 Å². The van der Waals surface area contributed by atoms with Crippen molar-refractivity contribution in [2.45, 2.75) is 57.9 Å². The van der Waals surface area contributed by atoms with E-state index >= 15 is 0 Å². The van der Waals surface area contributed by atoms with Crippen molar-refractivity contribution in [2.24, 2.45) is 5.92 Å². The number of nitrogens with one attached hydrogen (secondary N) is 2. The Morgan fingerprint density at radius 2 is 1.93 bits per heavy atom. The van der Waals surface area contributed by atoms with Crippen molar-refractivity contribution < 1.29 is 14.4 Å². The Bertz CT molecular complexity index is 698. The lowest BCUT2D eigenvalue weighted by Crippen LogP contribution is -2.35. The third-order valence-electron chi connectivity index (χ3n) is 5.54. The van der Waals surface area contributed by atoms with Gasteiger partial charge in [-0.15, -0.1) is 0 Å². The highest BCUT2D eigenvalue weighted by Gasteiger charge is 2.38. The number of amides is 3. The molecule has 2 N–H and O–H groups in total. The van der Waals surface area contributed by atoms with Crippen LogP contribution in [-0.2, 0) is 9.59 Å². The van der Waals surface area contributed by atoms with Crippen LogP contribution >= 0.6 is 0 Å². The number of hydrogen-bond donors (Lipinski definition) is 2. The Morgan fingerprint density at radius 3 is 2.67 bits per heavy atom. The predicted octanol–water partition coefficient (Wildman–Crippen LogP) is 2.95. The number of likely N-dealkylation sites (tertiary alicyclic amines) is 1. The van der Waals surface area contributed by atoms with E-state index in [0.29, 0.717) is 30.4 Å². The van der Waals surface area contributed by atoms with Crippen LogP contribution in [0.25, 0.3) is 0 Å². The molecule has 0 unspecified atom stereocenters. The standard InChI is InChI=1S/C21H29N3O3/c1-2-3-12-22-21(27)17-10-6-7-11-18(17)23-20(26)15-13-19(25)24(14-15)16-8-4-5-9-16/h6-7,10-11,15-16H,2-5,8-9,12-14H2,1H3,(H,22,27)(H,23,26)/t15-/m0/s1. The van der Waals surface area contributed by atoms with Crippen molar-refractivity contribution in [3.05, 3.63) is 29.8 Å². The topological polar surface area (TPSA) is 78.5 Å². The maximum absolute atomic E-state index is 12.7. The van der Waals surface area contributed by atoms with Gasteiger partial charge in [0, 0.05) is 25.6 Å². The monoisotopic (exact) mass is 371 g/mol. The summed E-state index contributed by atoms with van der Waals surface area (Å²) >= 11 is 0. The lowest BCUT2D eigenvalue weighted by atomic mass is 10.1. The SMILES string of the molecule is CCCCNC(=O)c1ccccc1NC(=O)[C@H]1CC(=O)N(C2CCCC2)C1. The average Bonchev–Trinajstić information content (AvgIpc) is 3.31. The molecule has 0 aromatic heterocycles.